The van der Waals surface area contributed by atoms with Gasteiger partial charge in [0.05, 0.1) is 5.56 Å². The summed E-state index contributed by atoms with van der Waals surface area (Å²) in [7, 11) is 0. The lowest BCUT2D eigenvalue weighted by Gasteiger charge is -2.13. The van der Waals surface area contributed by atoms with Gasteiger partial charge in [-0.25, -0.2) is 0 Å². The number of pyridine rings is 1. The lowest BCUT2D eigenvalue weighted by Crippen LogP contribution is -2.32. The van der Waals surface area contributed by atoms with E-state index in [0.29, 0.717) is 16.1 Å². The molecule has 8 heteroatoms. The Labute approximate surface area is 169 Å². The normalized spacial score (nSPS) is 11.3. The molecular weight excluding hydrogens is 405 g/mol. The van der Waals surface area contributed by atoms with E-state index in [9.17, 15) is 22.8 Å². The fourth-order valence-electron chi connectivity index (χ4n) is 2.82. The summed E-state index contributed by atoms with van der Waals surface area (Å²) >= 11 is 6.06. The standard InChI is InChI=1S/C21H16ClF3N2O2/c1-13-9-17(19(28)26-11-14-5-2-3-8-18(14)22)20(29)27(12-13)16-7-4-6-15(10-16)21(23,24)25/h2-10,12H,11H2,1H3,(H,26,28). The first-order valence-corrected chi connectivity index (χ1v) is 8.97. The Hall–Kier alpha value is -3.06. The molecular formula is C21H16ClF3N2O2. The average Bonchev–Trinajstić information content (AvgIpc) is 2.68. The summed E-state index contributed by atoms with van der Waals surface area (Å²) in [6.45, 7) is 1.75. The number of alkyl halides is 3. The Bertz CT molecular complexity index is 1120. The maximum Gasteiger partial charge on any atom is 0.416 e. The van der Waals surface area contributed by atoms with E-state index in [-0.39, 0.29) is 17.8 Å². The lowest BCUT2D eigenvalue weighted by atomic mass is 10.1. The first kappa shape index (κ1) is 20.7. The van der Waals surface area contributed by atoms with Crippen molar-refractivity contribution in [3.05, 3.63) is 98.4 Å². The van der Waals surface area contributed by atoms with Crippen LogP contribution in [0.2, 0.25) is 5.02 Å². The maximum atomic E-state index is 13.0. The molecule has 1 heterocycles. The first-order chi connectivity index (χ1) is 13.7. The maximum absolute atomic E-state index is 13.0. The van der Waals surface area contributed by atoms with E-state index in [0.717, 1.165) is 16.7 Å². The third-order valence-corrected chi connectivity index (χ3v) is 4.62. The van der Waals surface area contributed by atoms with Crippen molar-refractivity contribution in [2.75, 3.05) is 0 Å². The van der Waals surface area contributed by atoms with Gasteiger partial charge < -0.3 is 5.32 Å². The molecule has 3 rings (SSSR count). The summed E-state index contributed by atoms with van der Waals surface area (Å²) in [5, 5.41) is 3.09. The molecule has 0 saturated heterocycles. The Morgan fingerprint density at radius 3 is 2.52 bits per heavy atom. The number of halogens is 4. The Balaban J connectivity index is 1.94. The van der Waals surface area contributed by atoms with Crippen molar-refractivity contribution in [1.82, 2.24) is 9.88 Å². The van der Waals surface area contributed by atoms with Gasteiger partial charge in [0.2, 0.25) is 0 Å². The van der Waals surface area contributed by atoms with E-state index < -0.39 is 23.2 Å². The van der Waals surface area contributed by atoms with Gasteiger partial charge in [-0.05, 0) is 48.4 Å². The minimum atomic E-state index is -4.54. The third kappa shape index (κ3) is 4.68. The molecule has 1 aromatic heterocycles. The van der Waals surface area contributed by atoms with Crippen LogP contribution in [-0.4, -0.2) is 10.5 Å². The van der Waals surface area contributed by atoms with E-state index in [1.807, 2.05) is 0 Å². The number of benzene rings is 2. The molecule has 0 aliphatic carbocycles. The van der Waals surface area contributed by atoms with Crippen LogP contribution in [0.4, 0.5) is 13.2 Å². The van der Waals surface area contributed by atoms with Crippen LogP contribution < -0.4 is 10.9 Å². The number of nitrogens with one attached hydrogen (secondary N) is 1. The van der Waals surface area contributed by atoms with E-state index in [4.69, 9.17) is 11.6 Å². The molecule has 29 heavy (non-hydrogen) atoms. The fourth-order valence-corrected chi connectivity index (χ4v) is 3.02. The second-order valence-corrected chi connectivity index (χ2v) is 6.84. The quantitative estimate of drug-likeness (QED) is 0.662. The van der Waals surface area contributed by atoms with Crippen molar-refractivity contribution in [3.63, 3.8) is 0 Å². The summed E-state index contributed by atoms with van der Waals surface area (Å²) in [4.78, 5) is 25.4. The van der Waals surface area contributed by atoms with Crippen molar-refractivity contribution in [1.29, 1.82) is 0 Å². The van der Waals surface area contributed by atoms with E-state index >= 15 is 0 Å². The predicted octanol–water partition coefficient (Wildman–Crippen LogP) is 4.75. The van der Waals surface area contributed by atoms with Gasteiger partial charge in [0, 0.05) is 23.5 Å². The molecule has 3 aromatic rings. The van der Waals surface area contributed by atoms with Crippen LogP contribution >= 0.6 is 11.6 Å². The van der Waals surface area contributed by atoms with Crippen molar-refractivity contribution < 1.29 is 18.0 Å². The molecule has 0 unspecified atom stereocenters. The second-order valence-electron chi connectivity index (χ2n) is 6.43. The second kappa shape index (κ2) is 8.13. The Morgan fingerprint density at radius 2 is 1.83 bits per heavy atom. The molecule has 0 spiro atoms. The monoisotopic (exact) mass is 420 g/mol. The SMILES string of the molecule is Cc1cc(C(=O)NCc2ccccc2Cl)c(=O)n(-c2cccc(C(F)(F)F)c2)c1. The molecule has 0 saturated carbocycles. The summed E-state index contributed by atoms with van der Waals surface area (Å²) in [6.07, 6.45) is -3.15. The van der Waals surface area contributed by atoms with Crippen molar-refractivity contribution >= 4 is 17.5 Å². The molecule has 0 bridgehead atoms. The van der Waals surface area contributed by atoms with Gasteiger partial charge in [-0.1, -0.05) is 35.9 Å². The zero-order valence-corrected chi connectivity index (χ0v) is 16.0. The van der Waals surface area contributed by atoms with Crippen molar-refractivity contribution in [2.24, 2.45) is 0 Å². The highest BCUT2D eigenvalue weighted by Crippen LogP contribution is 2.30. The van der Waals surface area contributed by atoms with Crippen LogP contribution in [-0.2, 0) is 12.7 Å². The molecule has 0 aliphatic heterocycles. The van der Waals surface area contributed by atoms with Gasteiger partial charge in [0.1, 0.15) is 5.56 Å². The molecule has 4 nitrogen and oxygen atoms in total. The third-order valence-electron chi connectivity index (χ3n) is 4.25. The van der Waals surface area contributed by atoms with Gasteiger partial charge in [-0.3, -0.25) is 14.2 Å². The van der Waals surface area contributed by atoms with Crippen LogP contribution in [0.1, 0.15) is 27.0 Å². The van der Waals surface area contributed by atoms with E-state index in [2.05, 4.69) is 5.32 Å². The molecule has 1 N–H and O–H groups in total. The number of rotatable bonds is 4. The minimum Gasteiger partial charge on any atom is -0.348 e. The van der Waals surface area contributed by atoms with Crippen LogP contribution in [0.25, 0.3) is 5.69 Å². The molecule has 1 amide bonds. The molecule has 150 valence electrons. The zero-order chi connectivity index (χ0) is 21.2. The fraction of sp³-hybridized carbons (Fsp3) is 0.143. The predicted molar refractivity (Wildman–Crippen MR) is 104 cm³/mol. The number of nitrogens with zero attached hydrogens (tertiary/aromatic N) is 1. The van der Waals surface area contributed by atoms with Gasteiger partial charge in [-0.15, -0.1) is 0 Å². The topological polar surface area (TPSA) is 51.1 Å². The number of aryl methyl sites for hydroxylation is 1. The van der Waals surface area contributed by atoms with E-state index in [1.165, 1.54) is 24.4 Å². The summed E-state index contributed by atoms with van der Waals surface area (Å²) < 4.78 is 40.0. The number of amides is 1. The largest absolute Gasteiger partial charge is 0.416 e. The summed E-state index contributed by atoms with van der Waals surface area (Å²) in [5.41, 5.74) is -0.527. The van der Waals surface area contributed by atoms with Crippen LogP contribution in [0.15, 0.2) is 65.6 Å². The van der Waals surface area contributed by atoms with E-state index in [1.54, 1.807) is 31.2 Å². The van der Waals surface area contributed by atoms with Gasteiger partial charge in [0.15, 0.2) is 0 Å². The molecule has 2 aromatic carbocycles. The summed E-state index contributed by atoms with van der Waals surface area (Å²) in [5.74, 6) is -0.639. The number of aromatic nitrogens is 1. The van der Waals surface area contributed by atoms with Crippen molar-refractivity contribution in [3.8, 4) is 5.69 Å². The zero-order valence-electron chi connectivity index (χ0n) is 15.3. The highest BCUT2D eigenvalue weighted by molar-refractivity contribution is 6.31. The number of carbonyl (C=O) groups excluding carboxylic acids is 1. The van der Waals surface area contributed by atoms with Gasteiger partial charge in [-0.2, -0.15) is 13.2 Å². The van der Waals surface area contributed by atoms with Crippen molar-refractivity contribution in [2.45, 2.75) is 19.6 Å². The number of hydrogen-bond donors (Lipinski definition) is 1. The average molecular weight is 421 g/mol. The lowest BCUT2D eigenvalue weighted by molar-refractivity contribution is -0.137. The Kier molecular flexibility index (Phi) is 5.79. The highest BCUT2D eigenvalue weighted by Gasteiger charge is 2.30. The number of hydrogen-bond acceptors (Lipinski definition) is 2. The molecule has 0 atom stereocenters. The Morgan fingerprint density at radius 1 is 1.10 bits per heavy atom. The molecule has 0 fully saturated rings. The van der Waals surface area contributed by atoms with Crippen LogP contribution in [0.3, 0.4) is 0 Å². The highest BCUT2D eigenvalue weighted by atomic mass is 35.5. The molecule has 0 radical (unpaired) electrons. The van der Waals surface area contributed by atoms with Crippen LogP contribution in [0, 0.1) is 6.92 Å². The van der Waals surface area contributed by atoms with Gasteiger partial charge in [0.25, 0.3) is 11.5 Å². The smallest absolute Gasteiger partial charge is 0.348 e. The summed E-state index contributed by atoms with van der Waals surface area (Å²) in [6, 6.07) is 12.7. The molecule has 0 aliphatic rings. The number of carbonyl (C=O) groups is 1. The van der Waals surface area contributed by atoms with Gasteiger partial charge >= 0.3 is 6.18 Å². The minimum absolute atomic E-state index is 0.0219. The first-order valence-electron chi connectivity index (χ1n) is 8.59. The van der Waals surface area contributed by atoms with Crippen LogP contribution in [0.5, 0.6) is 0 Å².